The van der Waals surface area contributed by atoms with Crippen molar-refractivity contribution >= 4 is 5.96 Å². The molecule has 2 N–H and O–H groups in total. The average molecular weight is 382 g/mol. The van der Waals surface area contributed by atoms with E-state index in [9.17, 15) is 13.2 Å². The van der Waals surface area contributed by atoms with E-state index in [2.05, 4.69) is 14.8 Å². The fourth-order valence-electron chi connectivity index (χ4n) is 4.28. The van der Waals surface area contributed by atoms with Crippen LogP contribution < -0.4 is 5.73 Å². The molecule has 2 atom stereocenters. The van der Waals surface area contributed by atoms with Crippen LogP contribution in [-0.2, 0) is 6.18 Å². The maximum absolute atomic E-state index is 12.9. The summed E-state index contributed by atoms with van der Waals surface area (Å²) in [4.78, 5) is 9.02. The molecule has 0 amide bonds. The smallest absolute Gasteiger partial charge is 0.370 e. The predicted molar refractivity (Wildman–Crippen MR) is 101 cm³/mol. The number of rotatable bonds is 3. The van der Waals surface area contributed by atoms with E-state index in [0.29, 0.717) is 12.5 Å². The number of alkyl halides is 3. The molecule has 0 aromatic heterocycles. The number of likely N-dealkylation sites (tertiary alicyclic amines) is 2. The van der Waals surface area contributed by atoms with Crippen LogP contribution in [-0.4, -0.2) is 49.0 Å². The molecule has 2 saturated heterocycles. The third kappa shape index (κ3) is 4.94. The molecule has 1 aromatic rings. The summed E-state index contributed by atoms with van der Waals surface area (Å²) in [6.07, 6.45) is 1.31. The lowest BCUT2D eigenvalue weighted by Gasteiger charge is -2.39. The lowest BCUT2D eigenvalue weighted by molar-refractivity contribution is -0.137. The Morgan fingerprint density at radius 1 is 1.07 bits per heavy atom. The zero-order valence-corrected chi connectivity index (χ0v) is 15.9. The molecule has 0 aliphatic carbocycles. The Kier molecular flexibility index (Phi) is 6.29. The first-order valence-corrected chi connectivity index (χ1v) is 9.78. The van der Waals surface area contributed by atoms with Crippen LogP contribution in [0.1, 0.15) is 49.3 Å². The van der Waals surface area contributed by atoms with Crippen molar-refractivity contribution < 1.29 is 13.2 Å². The molecule has 1 aromatic carbocycles. The van der Waals surface area contributed by atoms with Crippen molar-refractivity contribution in [2.24, 2.45) is 16.6 Å². The summed E-state index contributed by atoms with van der Waals surface area (Å²) in [5.74, 6) is 0.859. The number of nitrogens with two attached hydrogens (primary N) is 1. The van der Waals surface area contributed by atoms with Gasteiger partial charge >= 0.3 is 6.18 Å². The van der Waals surface area contributed by atoms with E-state index < -0.39 is 11.7 Å². The third-order valence-corrected chi connectivity index (χ3v) is 5.75. The molecule has 4 nitrogen and oxygen atoms in total. The molecule has 0 spiro atoms. The molecular formula is C20H29F3N4. The average Bonchev–Trinajstić information content (AvgIpc) is 2.66. The highest BCUT2D eigenvalue weighted by molar-refractivity contribution is 5.78. The Hall–Kier alpha value is -1.76. The van der Waals surface area contributed by atoms with Crippen molar-refractivity contribution in [2.75, 3.05) is 33.2 Å². The van der Waals surface area contributed by atoms with Gasteiger partial charge in [0.15, 0.2) is 5.96 Å². The maximum Gasteiger partial charge on any atom is 0.416 e. The summed E-state index contributed by atoms with van der Waals surface area (Å²) < 4.78 is 38.6. The molecule has 2 unspecified atom stereocenters. The first-order chi connectivity index (χ1) is 12.9. The Labute approximate surface area is 159 Å². The lowest BCUT2D eigenvalue weighted by atomic mass is 9.84. The van der Waals surface area contributed by atoms with Gasteiger partial charge in [0.2, 0.25) is 0 Å². The maximum atomic E-state index is 12.9. The van der Waals surface area contributed by atoms with Gasteiger partial charge in [0, 0.05) is 25.7 Å². The summed E-state index contributed by atoms with van der Waals surface area (Å²) in [6.45, 7) is 3.47. The van der Waals surface area contributed by atoms with Crippen LogP contribution in [0.25, 0.3) is 0 Å². The summed E-state index contributed by atoms with van der Waals surface area (Å²) in [6, 6.07) is 5.65. The van der Waals surface area contributed by atoms with Gasteiger partial charge in [-0.25, -0.2) is 0 Å². The molecule has 2 fully saturated rings. The highest BCUT2D eigenvalue weighted by atomic mass is 19.4. The Bertz CT molecular complexity index is 636. The van der Waals surface area contributed by atoms with Crippen LogP contribution in [0.3, 0.4) is 0 Å². The molecule has 3 rings (SSSR count). The van der Waals surface area contributed by atoms with Gasteiger partial charge in [-0.15, -0.1) is 0 Å². The second kappa shape index (κ2) is 8.50. The molecule has 150 valence electrons. The highest BCUT2D eigenvalue weighted by Crippen LogP contribution is 2.37. The van der Waals surface area contributed by atoms with Crippen molar-refractivity contribution in [3.05, 3.63) is 35.4 Å². The summed E-state index contributed by atoms with van der Waals surface area (Å²) >= 11 is 0. The predicted octanol–water partition coefficient (Wildman–Crippen LogP) is 3.89. The van der Waals surface area contributed by atoms with Crippen LogP contribution in [0.2, 0.25) is 0 Å². The van der Waals surface area contributed by atoms with E-state index in [1.807, 2.05) is 7.05 Å². The van der Waals surface area contributed by atoms with Crippen molar-refractivity contribution in [3.63, 3.8) is 0 Å². The minimum absolute atomic E-state index is 0.0685. The topological polar surface area (TPSA) is 44.9 Å². The van der Waals surface area contributed by atoms with Crippen LogP contribution in [0.4, 0.5) is 13.2 Å². The van der Waals surface area contributed by atoms with Gasteiger partial charge in [0.25, 0.3) is 0 Å². The monoisotopic (exact) mass is 382 g/mol. The zero-order valence-electron chi connectivity index (χ0n) is 15.9. The van der Waals surface area contributed by atoms with Gasteiger partial charge < -0.3 is 10.6 Å². The normalized spacial score (nSPS) is 25.6. The summed E-state index contributed by atoms with van der Waals surface area (Å²) in [5.41, 5.74) is 6.50. The van der Waals surface area contributed by atoms with Gasteiger partial charge in [-0.3, -0.25) is 9.89 Å². The van der Waals surface area contributed by atoms with Crippen molar-refractivity contribution in [1.29, 1.82) is 0 Å². The molecule has 2 heterocycles. The second-order valence-electron chi connectivity index (χ2n) is 7.69. The molecule has 0 bridgehead atoms. The van der Waals surface area contributed by atoms with Crippen LogP contribution in [0, 0.1) is 5.92 Å². The number of aliphatic imine (C=N–C) groups is 1. The molecule has 0 radical (unpaired) electrons. The number of nitrogens with zero attached hydrogens (tertiary/aromatic N) is 3. The molecular weight excluding hydrogens is 353 g/mol. The quantitative estimate of drug-likeness (QED) is 0.637. The fourth-order valence-corrected chi connectivity index (χ4v) is 4.28. The van der Waals surface area contributed by atoms with Crippen LogP contribution in [0.15, 0.2) is 29.3 Å². The van der Waals surface area contributed by atoms with Gasteiger partial charge in [0.05, 0.1) is 5.56 Å². The first-order valence-electron chi connectivity index (χ1n) is 9.78. The lowest BCUT2D eigenvalue weighted by Crippen LogP contribution is -2.42. The molecule has 2 aliphatic heterocycles. The van der Waals surface area contributed by atoms with Gasteiger partial charge in [0.1, 0.15) is 0 Å². The number of halogens is 3. The Morgan fingerprint density at radius 2 is 1.74 bits per heavy atom. The highest BCUT2D eigenvalue weighted by Gasteiger charge is 2.33. The van der Waals surface area contributed by atoms with Gasteiger partial charge in [-0.1, -0.05) is 12.1 Å². The van der Waals surface area contributed by atoms with Crippen molar-refractivity contribution in [3.8, 4) is 0 Å². The second-order valence-corrected chi connectivity index (χ2v) is 7.69. The fraction of sp³-hybridized carbons (Fsp3) is 0.650. The molecule has 7 heteroatoms. The number of benzene rings is 1. The van der Waals surface area contributed by atoms with Crippen LogP contribution >= 0.6 is 0 Å². The first kappa shape index (κ1) is 20.0. The van der Waals surface area contributed by atoms with E-state index in [1.165, 1.54) is 18.6 Å². The van der Waals surface area contributed by atoms with E-state index in [1.54, 1.807) is 12.1 Å². The van der Waals surface area contributed by atoms with Gasteiger partial charge in [-0.2, -0.15) is 13.2 Å². The summed E-state index contributed by atoms with van der Waals surface area (Å²) in [5, 5.41) is 0. The Morgan fingerprint density at radius 3 is 2.37 bits per heavy atom. The summed E-state index contributed by atoms with van der Waals surface area (Å²) in [7, 11) is 2.03. The van der Waals surface area contributed by atoms with E-state index in [4.69, 9.17) is 5.73 Å². The minimum atomic E-state index is -4.30. The zero-order chi connectivity index (χ0) is 19.4. The van der Waals surface area contributed by atoms with Crippen molar-refractivity contribution in [1.82, 2.24) is 9.80 Å². The van der Waals surface area contributed by atoms with Crippen molar-refractivity contribution in [2.45, 2.75) is 44.3 Å². The third-order valence-electron chi connectivity index (χ3n) is 5.75. The number of hydrogen-bond acceptors (Lipinski definition) is 2. The molecule has 0 saturated carbocycles. The SMILES string of the molecule is CN1CCCC(CN=C(N)N2CCCCC2)C1c1ccc(C(F)(F)F)cc1. The minimum Gasteiger partial charge on any atom is -0.370 e. The standard InChI is InChI=1S/C20H29F3N4/c1-26-11-5-6-16(14-25-19(24)27-12-3-2-4-13-27)18(26)15-7-9-17(10-8-15)20(21,22)23/h7-10,16,18H,2-6,11-14H2,1H3,(H2,24,25). The van der Waals surface area contributed by atoms with E-state index in [-0.39, 0.29) is 12.0 Å². The van der Waals surface area contributed by atoms with Gasteiger partial charge in [-0.05, 0) is 69.3 Å². The molecule has 2 aliphatic rings. The number of piperidine rings is 2. The van der Waals surface area contributed by atoms with E-state index in [0.717, 1.165) is 50.9 Å². The number of guanidine groups is 1. The molecule has 27 heavy (non-hydrogen) atoms. The number of hydrogen-bond donors (Lipinski definition) is 1. The van der Waals surface area contributed by atoms with E-state index >= 15 is 0 Å². The van der Waals surface area contributed by atoms with Crippen LogP contribution in [0.5, 0.6) is 0 Å². The Balaban J connectivity index is 1.73. The largest absolute Gasteiger partial charge is 0.416 e.